The number of nitrogens with one attached hydrogen (secondary N) is 1. The van der Waals surface area contributed by atoms with Crippen molar-refractivity contribution in [2.24, 2.45) is 0 Å². The van der Waals surface area contributed by atoms with E-state index in [1.165, 1.54) is 18.2 Å². The minimum absolute atomic E-state index is 0.332. The topological polar surface area (TPSA) is 45.2 Å². The van der Waals surface area contributed by atoms with Gasteiger partial charge in [0.25, 0.3) is 0 Å². The van der Waals surface area contributed by atoms with Crippen molar-refractivity contribution in [1.82, 2.24) is 9.88 Å². The van der Waals surface area contributed by atoms with Crippen LogP contribution in [-0.2, 0) is 4.79 Å². The molecule has 2 rings (SSSR count). The largest absolute Gasteiger partial charge is 0.406 e. The summed E-state index contributed by atoms with van der Waals surface area (Å²) in [6, 6.07) is 5.63. The summed E-state index contributed by atoms with van der Waals surface area (Å²) in [5.74, 6) is -1.19. The Morgan fingerprint density at radius 1 is 1.30 bits per heavy atom. The fourth-order valence-corrected chi connectivity index (χ4v) is 2.14. The molecule has 0 aliphatic carbocycles. The molecule has 1 aromatic heterocycles. The number of rotatable bonds is 4. The first kappa shape index (κ1) is 17.0. The quantitative estimate of drug-likeness (QED) is 0.877. The van der Waals surface area contributed by atoms with E-state index in [1.807, 2.05) is 0 Å². The van der Waals surface area contributed by atoms with Crippen LogP contribution in [0.15, 0.2) is 24.3 Å². The van der Waals surface area contributed by atoms with Crippen molar-refractivity contribution in [3.05, 3.63) is 35.8 Å². The lowest BCUT2D eigenvalue weighted by atomic mass is 10.1. The Bertz CT molecular complexity index is 730. The molecule has 0 atom stereocenters. The third kappa shape index (κ3) is 4.54. The summed E-state index contributed by atoms with van der Waals surface area (Å²) >= 11 is 0. The number of carbonyl (C=O) groups is 1. The molecule has 0 spiro atoms. The van der Waals surface area contributed by atoms with Gasteiger partial charge in [0.2, 0.25) is 5.91 Å². The second-order valence-electron chi connectivity index (χ2n) is 5.19. The van der Waals surface area contributed by atoms with Gasteiger partial charge in [-0.2, -0.15) is 13.2 Å². The predicted molar refractivity (Wildman–Crippen MR) is 78.6 cm³/mol. The van der Waals surface area contributed by atoms with Crippen LogP contribution in [0.25, 0.3) is 10.9 Å². The molecule has 0 aliphatic heterocycles. The molecule has 0 aliphatic rings. The molecule has 0 saturated carbocycles. The number of hydrogen-bond acceptors (Lipinski definition) is 3. The second kappa shape index (κ2) is 6.39. The highest BCUT2D eigenvalue weighted by Gasteiger charge is 2.31. The number of halogens is 4. The average Bonchev–Trinajstić information content (AvgIpc) is 2.43. The number of nitrogens with zero attached hydrogens (tertiary/aromatic N) is 2. The number of benzene rings is 1. The van der Waals surface area contributed by atoms with E-state index in [1.54, 1.807) is 13.0 Å². The van der Waals surface area contributed by atoms with Gasteiger partial charge in [-0.15, -0.1) is 0 Å². The van der Waals surface area contributed by atoms with E-state index in [2.05, 4.69) is 10.3 Å². The Morgan fingerprint density at radius 3 is 2.65 bits per heavy atom. The number of amides is 1. The molecule has 8 heteroatoms. The lowest BCUT2D eigenvalue weighted by Crippen LogP contribution is -2.38. The van der Waals surface area contributed by atoms with E-state index in [0.29, 0.717) is 27.2 Å². The maximum atomic E-state index is 13.4. The molecule has 2 aromatic rings. The smallest absolute Gasteiger partial charge is 0.376 e. The first-order valence-electron chi connectivity index (χ1n) is 6.77. The van der Waals surface area contributed by atoms with Gasteiger partial charge in [-0.1, -0.05) is 0 Å². The summed E-state index contributed by atoms with van der Waals surface area (Å²) in [6.45, 7) is 0.0749. The molecule has 124 valence electrons. The molecule has 0 radical (unpaired) electrons. The normalized spacial score (nSPS) is 11.6. The van der Waals surface area contributed by atoms with E-state index >= 15 is 0 Å². The van der Waals surface area contributed by atoms with Gasteiger partial charge in [-0.05, 0) is 31.2 Å². The van der Waals surface area contributed by atoms with Crippen LogP contribution in [0.1, 0.15) is 5.69 Å². The van der Waals surface area contributed by atoms with E-state index in [-0.39, 0.29) is 6.54 Å². The van der Waals surface area contributed by atoms with Crippen molar-refractivity contribution in [2.45, 2.75) is 13.1 Å². The van der Waals surface area contributed by atoms with Gasteiger partial charge in [0.1, 0.15) is 12.4 Å². The van der Waals surface area contributed by atoms with E-state index in [0.717, 1.165) is 7.05 Å². The third-order valence-electron chi connectivity index (χ3n) is 3.17. The van der Waals surface area contributed by atoms with Crippen molar-refractivity contribution in [3.8, 4) is 0 Å². The molecule has 4 nitrogen and oxygen atoms in total. The van der Waals surface area contributed by atoms with Crippen molar-refractivity contribution in [1.29, 1.82) is 0 Å². The van der Waals surface area contributed by atoms with Gasteiger partial charge in [-0.25, -0.2) is 4.39 Å². The molecule has 0 bridgehead atoms. The molecule has 0 unspecified atom stereocenters. The van der Waals surface area contributed by atoms with Crippen molar-refractivity contribution in [2.75, 3.05) is 25.5 Å². The highest BCUT2D eigenvalue weighted by molar-refractivity contribution is 5.93. The van der Waals surface area contributed by atoms with Crippen LogP contribution in [-0.4, -0.2) is 42.1 Å². The second-order valence-corrected chi connectivity index (χ2v) is 5.19. The number of aromatic nitrogens is 1. The van der Waals surface area contributed by atoms with E-state index in [9.17, 15) is 22.4 Å². The first-order valence-corrected chi connectivity index (χ1v) is 6.77. The van der Waals surface area contributed by atoms with Gasteiger partial charge in [0, 0.05) is 23.8 Å². The number of anilines is 1. The standard InChI is InChI=1S/C15H15F4N3O/c1-9-5-13(11-6-10(16)3-4-12(11)21-9)20-7-14(23)22(2)8-15(17,18)19/h3-6H,7-8H2,1-2H3,(H,20,21). The van der Waals surface area contributed by atoms with Crippen molar-refractivity contribution >= 4 is 22.5 Å². The molecule has 1 heterocycles. The number of carbonyl (C=O) groups excluding carboxylic acids is 1. The predicted octanol–water partition coefficient (Wildman–Crippen LogP) is 3.11. The molecule has 0 saturated heterocycles. The number of aryl methyl sites for hydroxylation is 1. The fraction of sp³-hybridized carbons (Fsp3) is 0.333. The first-order chi connectivity index (χ1) is 10.7. The lowest BCUT2D eigenvalue weighted by Gasteiger charge is -2.19. The molecular weight excluding hydrogens is 314 g/mol. The molecule has 1 aromatic carbocycles. The summed E-state index contributed by atoms with van der Waals surface area (Å²) < 4.78 is 50.2. The van der Waals surface area contributed by atoms with Gasteiger partial charge in [0.15, 0.2) is 0 Å². The number of fused-ring (bicyclic) bond motifs is 1. The number of hydrogen-bond donors (Lipinski definition) is 1. The Labute approximate surface area is 130 Å². The zero-order chi connectivity index (χ0) is 17.2. The van der Waals surface area contributed by atoms with Crippen LogP contribution in [0, 0.1) is 12.7 Å². The maximum Gasteiger partial charge on any atom is 0.406 e. The molecule has 1 amide bonds. The summed E-state index contributed by atoms with van der Waals surface area (Å²) in [5.41, 5.74) is 1.62. The summed E-state index contributed by atoms with van der Waals surface area (Å²) in [6.07, 6.45) is -4.45. The van der Waals surface area contributed by atoms with Crippen LogP contribution in [0.3, 0.4) is 0 Å². The molecule has 23 heavy (non-hydrogen) atoms. The van der Waals surface area contributed by atoms with Gasteiger partial charge in [-0.3, -0.25) is 9.78 Å². The Hall–Kier alpha value is -2.38. The van der Waals surface area contributed by atoms with E-state index < -0.39 is 24.4 Å². The van der Waals surface area contributed by atoms with Crippen LogP contribution < -0.4 is 5.32 Å². The molecule has 1 N–H and O–H groups in total. The summed E-state index contributed by atoms with van der Waals surface area (Å²) in [5, 5.41) is 3.22. The number of pyridine rings is 1. The van der Waals surface area contributed by atoms with Gasteiger partial charge in [0.05, 0.1) is 12.1 Å². The van der Waals surface area contributed by atoms with Crippen LogP contribution >= 0.6 is 0 Å². The minimum atomic E-state index is -4.45. The Balaban J connectivity index is 2.16. The SMILES string of the molecule is Cc1cc(NCC(=O)N(C)CC(F)(F)F)c2cc(F)ccc2n1. The summed E-state index contributed by atoms with van der Waals surface area (Å²) in [4.78, 5) is 16.6. The lowest BCUT2D eigenvalue weighted by molar-refractivity contribution is -0.157. The molecular formula is C15H15F4N3O. The van der Waals surface area contributed by atoms with Crippen LogP contribution in [0.4, 0.5) is 23.2 Å². The third-order valence-corrected chi connectivity index (χ3v) is 3.17. The number of likely N-dealkylation sites (N-methyl/N-ethyl adjacent to an activating group) is 1. The fourth-order valence-electron chi connectivity index (χ4n) is 2.14. The monoisotopic (exact) mass is 329 g/mol. The maximum absolute atomic E-state index is 13.4. The average molecular weight is 329 g/mol. The van der Waals surface area contributed by atoms with Gasteiger partial charge >= 0.3 is 6.18 Å². The van der Waals surface area contributed by atoms with Crippen molar-refractivity contribution in [3.63, 3.8) is 0 Å². The van der Waals surface area contributed by atoms with Crippen LogP contribution in [0.2, 0.25) is 0 Å². The Kier molecular flexibility index (Phi) is 4.72. The Morgan fingerprint density at radius 2 is 2.00 bits per heavy atom. The minimum Gasteiger partial charge on any atom is -0.376 e. The highest BCUT2D eigenvalue weighted by atomic mass is 19.4. The number of alkyl halides is 3. The van der Waals surface area contributed by atoms with Gasteiger partial charge < -0.3 is 10.2 Å². The van der Waals surface area contributed by atoms with E-state index in [4.69, 9.17) is 0 Å². The zero-order valence-electron chi connectivity index (χ0n) is 12.5. The van der Waals surface area contributed by atoms with Crippen molar-refractivity contribution < 1.29 is 22.4 Å². The van der Waals surface area contributed by atoms with Crippen LogP contribution in [0.5, 0.6) is 0 Å². The highest BCUT2D eigenvalue weighted by Crippen LogP contribution is 2.24. The zero-order valence-corrected chi connectivity index (χ0v) is 12.5. The summed E-state index contributed by atoms with van der Waals surface area (Å²) in [7, 11) is 1.08. The molecule has 0 fully saturated rings.